The van der Waals surface area contributed by atoms with E-state index in [1.807, 2.05) is 17.7 Å². The molecule has 0 aliphatic carbocycles. The zero-order valence-electron chi connectivity index (χ0n) is 10.2. The maximum absolute atomic E-state index is 11.9. The summed E-state index contributed by atoms with van der Waals surface area (Å²) in [5.41, 5.74) is 5.40. The van der Waals surface area contributed by atoms with E-state index in [-0.39, 0.29) is 5.91 Å². The molecule has 0 spiro atoms. The third-order valence-corrected chi connectivity index (χ3v) is 2.75. The van der Waals surface area contributed by atoms with Gasteiger partial charge in [-0.3, -0.25) is 4.79 Å². The number of hydrogen-bond donors (Lipinski definition) is 1. The van der Waals surface area contributed by atoms with Crippen LogP contribution in [0.15, 0.2) is 12.4 Å². The van der Waals surface area contributed by atoms with E-state index in [0.717, 1.165) is 12.2 Å². The van der Waals surface area contributed by atoms with E-state index < -0.39 is 0 Å². The summed E-state index contributed by atoms with van der Waals surface area (Å²) >= 11 is 4.78. The summed E-state index contributed by atoms with van der Waals surface area (Å²) in [5, 5.41) is 0. The van der Waals surface area contributed by atoms with E-state index in [1.54, 1.807) is 18.1 Å². The highest BCUT2D eigenvalue weighted by molar-refractivity contribution is 7.80. The molecule has 1 amide bonds. The molecule has 0 aliphatic heterocycles. The van der Waals surface area contributed by atoms with E-state index >= 15 is 0 Å². The standard InChI is InChI=1S/C11H18N4OS/c1-3-10-13-5-7-15(10)8-11(16)14(2)6-4-9(12)17/h5,7H,3-4,6,8H2,1-2H3,(H2,12,17). The van der Waals surface area contributed by atoms with Crippen LogP contribution in [0.1, 0.15) is 19.2 Å². The molecule has 0 radical (unpaired) electrons. The molecule has 6 heteroatoms. The second kappa shape index (κ2) is 6.34. The Balaban J connectivity index is 2.51. The number of likely N-dealkylation sites (N-methyl/N-ethyl adjacent to an activating group) is 1. The van der Waals surface area contributed by atoms with Crippen molar-refractivity contribution >= 4 is 23.1 Å². The van der Waals surface area contributed by atoms with Crippen LogP contribution in [0.5, 0.6) is 0 Å². The number of rotatable bonds is 6. The summed E-state index contributed by atoms with van der Waals surface area (Å²) in [7, 11) is 1.75. The molecule has 0 saturated heterocycles. The molecule has 94 valence electrons. The normalized spacial score (nSPS) is 10.2. The Morgan fingerprint density at radius 2 is 2.35 bits per heavy atom. The summed E-state index contributed by atoms with van der Waals surface area (Å²) < 4.78 is 1.86. The first-order valence-corrected chi connectivity index (χ1v) is 5.97. The molecule has 2 N–H and O–H groups in total. The summed E-state index contributed by atoms with van der Waals surface area (Å²) in [6.07, 6.45) is 4.90. The number of nitrogens with zero attached hydrogens (tertiary/aromatic N) is 3. The van der Waals surface area contributed by atoms with Crippen molar-refractivity contribution in [3.05, 3.63) is 18.2 Å². The predicted molar refractivity (Wildman–Crippen MR) is 70.6 cm³/mol. The van der Waals surface area contributed by atoms with E-state index in [1.165, 1.54) is 0 Å². The number of carbonyl (C=O) groups excluding carboxylic acids is 1. The topological polar surface area (TPSA) is 64.2 Å². The highest BCUT2D eigenvalue weighted by atomic mass is 32.1. The zero-order valence-corrected chi connectivity index (χ0v) is 11.0. The molecule has 0 atom stereocenters. The third kappa shape index (κ3) is 4.14. The first-order valence-electron chi connectivity index (χ1n) is 5.56. The Morgan fingerprint density at radius 3 is 2.94 bits per heavy atom. The van der Waals surface area contributed by atoms with Crippen LogP contribution in [0.3, 0.4) is 0 Å². The molecule has 1 aromatic rings. The molecule has 0 fully saturated rings. The first-order chi connectivity index (χ1) is 8.04. The van der Waals surface area contributed by atoms with Crippen molar-refractivity contribution in [3.8, 4) is 0 Å². The maximum Gasteiger partial charge on any atom is 0.242 e. The average molecular weight is 254 g/mol. The number of carbonyl (C=O) groups is 1. The van der Waals surface area contributed by atoms with Gasteiger partial charge in [0.2, 0.25) is 5.91 Å². The number of thiocarbonyl (C=S) groups is 1. The van der Waals surface area contributed by atoms with Gasteiger partial charge < -0.3 is 15.2 Å². The van der Waals surface area contributed by atoms with Crippen molar-refractivity contribution in [2.45, 2.75) is 26.3 Å². The molecule has 0 bridgehead atoms. The largest absolute Gasteiger partial charge is 0.393 e. The minimum atomic E-state index is 0.0361. The van der Waals surface area contributed by atoms with Crippen molar-refractivity contribution in [3.63, 3.8) is 0 Å². The molecule has 17 heavy (non-hydrogen) atoms. The van der Waals surface area contributed by atoms with Gasteiger partial charge in [-0.15, -0.1) is 0 Å². The summed E-state index contributed by atoms with van der Waals surface area (Å²) in [4.78, 5) is 18.1. The van der Waals surface area contributed by atoms with Gasteiger partial charge in [-0.1, -0.05) is 19.1 Å². The smallest absolute Gasteiger partial charge is 0.242 e. The second-order valence-electron chi connectivity index (χ2n) is 3.86. The molecule has 1 aromatic heterocycles. The number of hydrogen-bond acceptors (Lipinski definition) is 3. The number of aromatic nitrogens is 2. The van der Waals surface area contributed by atoms with Crippen LogP contribution in [-0.4, -0.2) is 38.9 Å². The van der Waals surface area contributed by atoms with Crippen molar-refractivity contribution in [2.75, 3.05) is 13.6 Å². The van der Waals surface area contributed by atoms with Crippen LogP contribution in [0.25, 0.3) is 0 Å². The number of imidazole rings is 1. The van der Waals surface area contributed by atoms with Crippen LogP contribution >= 0.6 is 12.2 Å². The number of amides is 1. The van der Waals surface area contributed by atoms with E-state index in [9.17, 15) is 4.79 Å². The van der Waals surface area contributed by atoms with Crippen molar-refractivity contribution in [2.24, 2.45) is 5.73 Å². The Bertz CT molecular complexity index is 402. The van der Waals surface area contributed by atoms with Gasteiger partial charge >= 0.3 is 0 Å². The Hall–Kier alpha value is -1.43. The molecule has 0 aromatic carbocycles. The van der Waals surface area contributed by atoms with Crippen molar-refractivity contribution in [1.82, 2.24) is 14.5 Å². The summed E-state index contributed by atoms with van der Waals surface area (Å²) in [5.74, 6) is 0.954. The highest BCUT2D eigenvalue weighted by Gasteiger charge is 2.11. The van der Waals surface area contributed by atoms with Gasteiger partial charge in [0.05, 0.1) is 4.99 Å². The number of aryl methyl sites for hydroxylation is 1. The molecule has 0 unspecified atom stereocenters. The Morgan fingerprint density at radius 1 is 1.65 bits per heavy atom. The van der Waals surface area contributed by atoms with Crippen molar-refractivity contribution < 1.29 is 4.79 Å². The van der Waals surface area contributed by atoms with Gasteiger partial charge in [-0.25, -0.2) is 4.98 Å². The maximum atomic E-state index is 11.9. The Kier molecular flexibility index (Phi) is 5.09. The lowest BCUT2D eigenvalue weighted by atomic mass is 10.3. The van der Waals surface area contributed by atoms with Crippen LogP contribution < -0.4 is 5.73 Å². The van der Waals surface area contributed by atoms with Gasteiger partial charge in [0.15, 0.2) is 0 Å². The van der Waals surface area contributed by atoms with E-state index in [2.05, 4.69) is 4.98 Å². The van der Waals surface area contributed by atoms with Crippen LogP contribution in [0, 0.1) is 0 Å². The van der Waals surface area contributed by atoms with Gasteiger partial charge in [0.1, 0.15) is 12.4 Å². The van der Waals surface area contributed by atoms with Crippen LogP contribution in [-0.2, 0) is 17.8 Å². The molecule has 5 nitrogen and oxygen atoms in total. The minimum Gasteiger partial charge on any atom is -0.393 e. The summed E-state index contributed by atoms with van der Waals surface area (Å²) in [6.45, 7) is 2.89. The minimum absolute atomic E-state index is 0.0361. The number of nitrogens with two attached hydrogens (primary N) is 1. The van der Waals surface area contributed by atoms with Gasteiger partial charge in [-0.2, -0.15) is 0 Å². The average Bonchev–Trinajstić information content (AvgIpc) is 2.72. The predicted octanol–water partition coefficient (Wildman–Crippen LogP) is 0.580. The van der Waals surface area contributed by atoms with Crippen LogP contribution in [0.4, 0.5) is 0 Å². The lowest BCUT2D eigenvalue weighted by Crippen LogP contribution is -2.33. The SMILES string of the molecule is CCc1nccn1CC(=O)N(C)CCC(N)=S. The lowest BCUT2D eigenvalue weighted by Gasteiger charge is -2.17. The lowest BCUT2D eigenvalue weighted by molar-refractivity contribution is -0.130. The first kappa shape index (κ1) is 13.6. The molecular weight excluding hydrogens is 236 g/mol. The monoisotopic (exact) mass is 254 g/mol. The molecular formula is C11H18N4OS. The molecule has 0 saturated carbocycles. The Labute approximate surface area is 107 Å². The molecule has 0 aliphatic rings. The fourth-order valence-corrected chi connectivity index (χ4v) is 1.56. The van der Waals surface area contributed by atoms with Gasteiger partial charge in [0.25, 0.3) is 0 Å². The fourth-order valence-electron chi connectivity index (χ4n) is 1.47. The van der Waals surface area contributed by atoms with Crippen LogP contribution in [0.2, 0.25) is 0 Å². The van der Waals surface area contributed by atoms with Gasteiger partial charge in [-0.05, 0) is 0 Å². The highest BCUT2D eigenvalue weighted by Crippen LogP contribution is 2.00. The molecule has 1 heterocycles. The van der Waals surface area contributed by atoms with Crippen molar-refractivity contribution in [1.29, 1.82) is 0 Å². The zero-order chi connectivity index (χ0) is 12.8. The van der Waals surface area contributed by atoms with E-state index in [0.29, 0.717) is 24.5 Å². The third-order valence-electron chi connectivity index (χ3n) is 2.54. The fraction of sp³-hybridized carbons (Fsp3) is 0.545. The second-order valence-corrected chi connectivity index (χ2v) is 4.38. The molecule has 1 rings (SSSR count). The van der Waals surface area contributed by atoms with E-state index in [4.69, 9.17) is 18.0 Å². The summed E-state index contributed by atoms with van der Waals surface area (Å²) in [6, 6.07) is 0. The quantitative estimate of drug-likeness (QED) is 0.754. The van der Waals surface area contributed by atoms with Gasteiger partial charge in [0, 0.05) is 38.8 Å².